The molecule has 0 saturated carbocycles. The molecule has 2 N–H and O–H groups in total. The van der Waals surface area contributed by atoms with E-state index in [1.54, 1.807) is 12.1 Å². The molecular formula is C7H6BrCl2N. The molecule has 0 radical (unpaired) electrons. The quantitative estimate of drug-likeness (QED) is 0.604. The summed E-state index contributed by atoms with van der Waals surface area (Å²) in [7, 11) is 0. The van der Waals surface area contributed by atoms with Crippen molar-refractivity contribution >= 4 is 39.1 Å². The molecule has 0 aliphatic carbocycles. The number of hydrogen-bond acceptors (Lipinski definition) is 1. The lowest BCUT2D eigenvalue weighted by Gasteiger charge is -2.04. The maximum Gasteiger partial charge on any atom is 0.0862 e. The van der Waals surface area contributed by atoms with Gasteiger partial charge in [-0.3, -0.25) is 0 Å². The molecule has 60 valence electrons. The third kappa shape index (κ3) is 2.34. The zero-order chi connectivity index (χ0) is 8.43. The van der Waals surface area contributed by atoms with Crippen molar-refractivity contribution in [3.8, 4) is 0 Å². The zero-order valence-corrected chi connectivity index (χ0v) is 8.62. The number of hydrogen-bond donors (Lipinski definition) is 1. The Bertz CT molecular complexity index is 263. The fourth-order valence-electron chi connectivity index (χ4n) is 0.684. The summed E-state index contributed by atoms with van der Waals surface area (Å²) in [6.07, 6.45) is 0. The first-order valence-electron chi connectivity index (χ1n) is 2.96. The normalized spacial score (nSPS) is 13.1. The van der Waals surface area contributed by atoms with E-state index in [0.717, 1.165) is 5.56 Å². The highest BCUT2D eigenvalue weighted by Gasteiger charge is 2.03. The Balaban J connectivity index is 3.05. The lowest BCUT2D eigenvalue weighted by molar-refractivity contribution is 1.06. The van der Waals surface area contributed by atoms with Gasteiger partial charge in [0.25, 0.3) is 0 Å². The lowest BCUT2D eigenvalue weighted by Crippen LogP contribution is -2.00. The Labute approximate surface area is 83.6 Å². The Kier molecular flexibility index (Phi) is 3.19. The topological polar surface area (TPSA) is 26.0 Å². The molecule has 11 heavy (non-hydrogen) atoms. The van der Waals surface area contributed by atoms with E-state index in [1.807, 2.05) is 6.07 Å². The number of rotatable bonds is 1. The van der Waals surface area contributed by atoms with Gasteiger partial charge in [0.1, 0.15) is 0 Å². The Morgan fingerprint density at radius 3 is 2.36 bits per heavy atom. The molecule has 0 aliphatic heterocycles. The van der Waals surface area contributed by atoms with Crippen molar-refractivity contribution in [3.05, 3.63) is 33.8 Å². The first-order valence-corrected chi connectivity index (χ1v) is 4.63. The van der Waals surface area contributed by atoms with Crippen LogP contribution in [0.25, 0.3) is 0 Å². The van der Waals surface area contributed by atoms with Crippen LogP contribution in [0.2, 0.25) is 10.0 Å². The van der Waals surface area contributed by atoms with Gasteiger partial charge in [0, 0.05) is 0 Å². The molecule has 1 nitrogen and oxygen atoms in total. The minimum Gasteiger partial charge on any atom is -0.315 e. The molecule has 1 aromatic rings. The van der Waals surface area contributed by atoms with Gasteiger partial charge in [0.15, 0.2) is 0 Å². The van der Waals surface area contributed by atoms with E-state index >= 15 is 0 Å². The predicted octanol–water partition coefficient (Wildman–Crippen LogP) is 3.35. The van der Waals surface area contributed by atoms with Gasteiger partial charge >= 0.3 is 0 Å². The van der Waals surface area contributed by atoms with Crippen molar-refractivity contribution in [2.24, 2.45) is 5.73 Å². The number of benzene rings is 1. The average Bonchev–Trinajstić information content (AvgIpc) is 1.94. The van der Waals surface area contributed by atoms with Crippen molar-refractivity contribution in [3.63, 3.8) is 0 Å². The summed E-state index contributed by atoms with van der Waals surface area (Å²) < 4.78 is 0. The van der Waals surface area contributed by atoms with Crippen molar-refractivity contribution in [1.29, 1.82) is 0 Å². The van der Waals surface area contributed by atoms with Gasteiger partial charge in [-0.05, 0) is 17.7 Å². The predicted molar refractivity (Wildman–Crippen MR) is 52.3 cm³/mol. The van der Waals surface area contributed by atoms with Gasteiger partial charge in [-0.2, -0.15) is 0 Å². The summed E-state index contributed by atoms with van der Waals surface area (Å²) in [5, 5.41) is 1.07. The lowest BCUT2D eigenvalue weighted by atomic mass is 10.2. The number of nitrogens with two attached hydrogens (primary N) is 1. The summed E-state index contributed by atoms with van der Waals surface area (Å²) in [6, 6.07) is 5.29. The van der Waals surface area contributed by atoms with E-state index in [0.29, 0.717) is 10.0 Å². The first kappa shape index (κ1) is 9.33. The number of halogens is 3. The molecule has 1 atom stereocenters. The maximum absolute atomic E-state index is 5.75. The third-order valence-corrected chi connectivity index (χ3v) is 2.53. The smallest absolute Gasteiger partial charge is 0.0862 e. The minimum absolute atomic E-state index is 0.183. The maximum atomic E-state index is 5.75. The SMILES string of the molecule is NC(Br)c1ccc(Cl)c(Cl)c1. The van der Waals surface area contributed by atoms with E-state index < -0.39 is 0 Å². The van der Waals surface area contributed by atoms with Crippen molar-refractivity contribution in [2.45, 2.75) is 4.95 Å². The molecule has 0 saturated heterocycles. The van der Waals surface area contributed by atoms with Crippen LogP contribution in [0.1, 0.15) is 10.5 Å². The molecule has 0 amide bonds. The van der Waals surface area contributed by atoms with Crippen LogP contribution in [-0.4, -0.2) is 0 Å². The summed E-state index contributed by atoms with van der Waals surface area (Å²) in [5.41, 5.74) is 6.46. The Morgan fingerprint density at radius 1 is 1.27 bits per heavy atom. The van der Waals surface area contributed by atoms with Crippen LogP contribution in [0.3, 0.4) is 0 Å². The molecule has 0 spiro atoms. The summed E-state index contributed by atoms with van der Waals surface area (Å²) in [5.74, 6) is 0. The Hall–Kier alpha value is 0.240. The molecule has 0 bridgehead atoms. The van der Waals surface area contributed by atoms with E-state index in [9.17, 15) is 0 Å². The van der Waals surface area contributed by atoms with Gasteiger partial charge in [-0.15, -0.1) is 0 Å². The molecule has 4 heteroatoms. The van der Waals surface area contributed by atoms with Crippen molar-refractivity contribution < 1.29 is 0 Å². The van der Waals surface area contributed by atoms with Crippen LogP contribution in [0.5, 0.6) is 0 Å². The monoisotopic (exact) mass is 253 g/mol. The van der Waals surface area contributed by atoms with Crippen LogP contribution >= 0.6 is 39.1 Å². The van der Waals surface area contributed by atoms with Crippen LogP contribution in [0, 0.1) is 0 Å². The summed E-state index contributed by atoms with van der Waals surface area (Å²) in [6.45, 7) is 0. The van der Waals surface area contributed by atoms with Crippen LogP contribution in [-0.2, 0) is 0 Å². The molecule has 1 aromatic carbocycles. The average molecular weight is 255 g/mol. The largest absolute Gasteiger partial charge is 0.315 e. The molecule has 0 fully saturated rings. The Morgan fingerprint density at radius 2 is 1.91 bits per heavy atom. The second-order valence-corrected chi connectivity index (χ2v) is 3.88. The van der Waals surface area contributed by atoms with E-state index in [-0.39, 0.29) is 4.95 Å². The van der Waals surface area contributed by atoms with Gasteiger partial charge in [-0.25, -0.2) is 0 Å². The highest BCUT2D eigenvalue weighted by Crippen LogP contribution is 2.26. The summed E-state index contributed by atoms with van der Waals surface area (Å²) >= 11 is 14.7. The molecule has 0 aliphatic rings. The molecular weight excluding hydrogens is 249 g/mol. The standard InChI is InChI=1S/C7H6BrCl2N/c8-7(11)4-1-2-5(9)6(10)3-4/h1-3,7H,11H2. The summed E-state index contributed by atoms with van der Waals surface area (Å²) in [4.78, 5) is -0.183. The van der Waals surface area contributed by atoms with E-state index in [2.05, 4.69) is 15.9 Å². The van der Waals surface area contributed by atoms with Crippen LogP contribution in [0.4, 0.5) is 0 Å². The molecule has 0 heterocycles. The van der Waals surface area contributed by atoms with Gasteiger partial charge in [-0.1, -0.05) is 45.2 Å². The van der Waals surface area contributed by atoms with Gasteiger partial charge in [0.05, 0.1) is 15.0 Å². The highest BCUT2D eigenvalue weighted by molar-refractivity contribution is 9.09. The van der Waals surface area contributed by atoms with Crippen LogP contribution < -0.4 is 5.73 Å². The second-order valence-electron chi connectivity index (χ2n) is 2.08. The highest BCUT2D eigenvalue weighted by atomic mass is 79.9. The fourth-order valence-corrected chi connectivity index (χ4v) is 1.28. The molecule has 0 aromatic heterocycles. The number of alkyl halides is 1. The van der Waals surface area contributed by atoms with E-state index in [1.165, 1.54) is 0 Å². The van der Waals surface area contributed by atoms with Crippen molar-refractivity contribution in [2.75, 3.05) is 0 Å². The van der Waals surface area contributed by atoms with E-state index in [4.69, 9.17) is 28.9 Å². The third-order valence-electron chi connectivity index (χ3n) is 1.26. The van der Waals surface area contributed by atoms with Gasteiger partial charge in [0.2, 0.25) is 0 Å². The zero-order valence-electron chi connectivity index (χ0n) is 5.52. The second kappa shape index (κ2) is 3.76. The first-order chi connectivity index (χ1) is 5.11. The van der Waals surface area contributed by atoms with Gasteiger partial charge < -0.3 is 5.73 Å². The fraction of sp³-hybridized carbons (Fsp3) is 0.143. The van der Waals surface area contributed by atoms with Crippen molar-refractivity contribution in [1.82, 2.24) is 0 Å². The van der Waals surface area contributed by atoms with Crippen LogP contribution in [0.15, 0.2) is 18.2 Å². The minimum atomic E-state index is -0.183. The molecule has 1 unspecified atom stereocenters. The molecule has 1 rings (SSSR count).